The first-order valence-corrected chi connectivity index (χ1v) is 8.92. The van der Waals surface area contributed by atoms with Crippen molar-refractivity contribution in [3.63, 3.8) is 0 Å². The third kappa shape index (κ3) is 3.71. The number of pyridine rings is 1. The van der Waals surface area contributed by atoms with Gasteiger partial charge in [0.1, 0.15) is 5.82 Å². The van der Waals surface area contributed by atoms with E-state index in [1.165, 1.54) is 6.07 Å². The second kappa shape index (κ2) is 7.68. The van der Waals surface area contributed by atoms with E-state index in [1.54, 1.807) is 11.1 Å². The molecule has 0 atom stereocenters. The van der Waals surface area contributed by atoms with Gasteiger partial charge in [0, 0.05) is 25.7 Å². The Morgan fingerprint density at radius 2 is 1.88 bits per heavy atom. The van der Waals surface area contributed by atoms with E-state index in [9.17, 15) is 19.4 Å². The molecule has 26 heavy (non-hydrogen) atoms. The van der Waals surface area contributed by atoms with Gasteiger partial charge in [-0.1, -0.05) is 23.2 Å². The number of nitrogens with zero attached hydrogens (tertiary/aromatic N) is 2. The van der Waals surface area contributed by atoms with Crippen LogP contribution in [0.15, 0.2) is 18.5 Å². The summed E-state index contributed by atoms with van der Waals surface area (Å²) < 4.78 is 13.1. The highest BCUT2D eigenvalue weighted by molar-refractivity contribution is 6.36. The van der Waals surface area contributed by atoms with E-state index in [0.717, 1.165) is 11.8 Å². The van der Waals surface area contributed by atoms with Gasteiger partial charge < -0.3 is 15.1 Å². The molecule has 0 unspecified atom stereocenters. The third-order valence-electron chi connectivity index (χ3n) is 4.49. The molecule has 0 bridgehead atoms. The van der Waals surface area contributed by atoms with Gasteiger partial charge in [-0.25, -0.2) is 4.39 Å². The van der Waals surface area contributed by atoms with Crippen LogP contribution in [0.2, 0.25) is 10.0 Å². The number of phenolic OH excluding ortho intramolecular Hbond substituents is 2. The molecule has 1 aliphatic heterocycles. The summed E-state index contributed by atoms with van der Waals surface area (Å²) in [6, 6.07) is 1.41. The average molecular weight is 399 g/mol. The summed E-state index contributed by atoms with van der Waals surface area (Å²) in [7, 11) is 0. The summed E-state index contributed by atoms with van der Waals surface area (Å²) in [6.07, 6.45) is 4.61. The van der Waals surface area contributed by atoms with Crippen LogP contribution in [0.5, 0.6) is 11.5 Å². The number of carbonyl (C=O) groups excluding carboxylic acids is 1. The SMILES string of the molecule is O=C(CCCc1cncc(F)c1)N1CCc2c(Cl)c(O)c(O)c(Cl)c2C1. The molecule has 0 aliphatic carbocycles. The molecule has 0 fully saturated rings. The smallest absolute Gasteiger partial charge is 0.222 e. The first-order chi connectivity index (χ1) is 12.4. The highest BCUT2D eigenvalue weighted by Gasteiger charge is 2.28. The fourth-order valence-electron chi connectivity index (χ4n) is 3.11. The zero-order valence-electron chi connectivity index (χ0n) is 13.8. The molecule has 1 aliphatic rings. The number of amides is 1. The van der Waals surface area contributed by atoms with Gasteiger partial charge in [0.25, 0.3) is 0 Å². The van der Waals surface area contributed by atoms with Gasteiger partial charge >= 0.3 is 0 Å². The Morgan fingerprint density at radius 3 is 2.58 bits per heavy atom. The maximum absolute atomic E-state index is 13.1. The lowest BCUT2D eigenvalue weighted by Gasteiger charge is -2.30. The van der Waals surface area contributed by atoms with E-state index in [4.69, 9.17) is 23.2 Å². The van der Waals surface area contributed by atoms with E-state index in [2.05, 4.69) is 4.98 Å². The van der Waals surface area contributed by atoms with E-state index in [1.807, 2.05) is 0 Å². The topological polar surface area (TPSA) is 73.7 Å². The quantitative estimate of drug-likeness (QED) is 0.767. The number of phenols is 2. The number of benzene rings is 1. The second-order valence-corrected chi connectivity index (χ2v) is 6.97. The highest BCUT2D eigenvalue weighted by Crippen LogP contribution is 2.46. The van der Waals surface area contributed by atoms with Crippen molar-refractivity contribution in [2.45, 2.75) is 32.2 Å². The molecule has 2 heterocycles. The number of fused-ring (bicyclic) bond motifs is 1. The van der Waals surface area contributed by atoms with Crippen molar-refractivity contribution < 1.29 is 19.4 Å². The Bertz CT molecular complexity index is 861. The summed E-state index contributed by atoms with van der Waals surface area (Å²) in [5.74, 6) is -1.35. The zero-order chi connectivity index (χ0) is 18.8. The fraction of sp³-hybridized carbons (Fsp3) is 0.333. The Balaban J connectivity index is 1.64. The molecule has 5 nitrogen and oxygen atoms in total. The van der Waals surface area contributed by atoms with Crippen molar-refractivity contribution in [2.75, 3.05) is 6.54 Å². The standard InChI is InChI=1S/C18H17Cl2FN2O3/c19-15-12-4-5-23(9-13(12)16(20)18(26)17(15)25)14(24)3-1-2-10-6-11(21)8-22-7-10/h6-8,25-26H,1-5,9H2. The molecule has 2 N–H and O–H groups in total. The zero-order valence-corrected chi connectivity index (χ0v) is 15.3. The lowest BCUT2D eigenvalue weighted by Crippen LogP contribution is -2.36. The molecule has 3 rings (SSSR count). The van der Waals surface area contributed by atoms with Gasteiger partial charge in [0.15, 0.2) is 11.5 Å². The summed E-state index contributed by atoms with van der Waals surface area (Å²) in [6.45, 7) is 0.676. The average Bonchev–Trinajstić information content (AvgIpc) is 2.64. The van der Waals surface area contributed by atoms with E-state index < -0.39 is 17.3 Å². The molecule has 8 heteroatoms. The molecular formula is C18H17Cl2FN2O3. The minimum absolute atomic E-state index is 0.0187. The largest absolute Gasteiger partial charge is 0.503 e. The van der Waals surface area contributed by atoms with Crippen LogP contribution >= 0.6 is 23.2 Å². The van der Waals surface area contributed by atoms with Crippen LogP contribution in [0.4, 0.5) is 4.39 Å². The molecule has 0 spiro atoms. The van der Waals surface area contributed by atoms with Crippen LogP contribution in [0.25, 0.3) is 0 Å². The van der Waals surface area contributed by atoms with E-state index in [-0.39, 0.29) is 22.5 Å². The van der Waals surface area contributed by atoms with Crippen LogP contribution in [0, 0.1) is 5.82 Å². The normalized spacial score (nSPS) is 13.6. The van der Waals surface area contributed by atoms with Gasteiger partial charge in [-0.3, -0.25) is 9.78 Å². The highest BCUT2D eigenvalue weighted by atomic mass is 35.5. The summed E-state index contributed by atoms with van der Waals surface area (Å²) in [4.78, 5) is 17.9. The van der Waals surface area contributed by atoms with Gasteiger partial charge in [-0.2, -0.15) is 0 Å². The van der Waals surface area contributed by atoms with Crippen molar-refractivity contribution >= 4 is 29.1 Å². The molecule has 2 aromatic rings. The molecule has 1 aromatic carbocycles. The number of rotatable bonds is 4. The Morgan fingerprint density at radius 1 is 1.19 bits per heavy atom. The van der Waals surface area contributed by atoms with Gasteiger partial charge in [0.2, 0.25) is 5.91 Å². The van der Waals surface area contributed by atoms with Crippen LogP contribution in [0.1, 0.15) is 29.5 Å². The summed E-state index contributed by atoms with van der Waals surface area (Å²) >= 11 is 12.2. The molecule has 138 valence electrons. The molecular weight excluding hydrogens is 382 g/mol. The van der Waals surface area contributed by atoms with Crippen molar-refractivity contribution in [3.8, 4) is 11.5 Å². The first-order valence-electron chi connectivity index (χ1n) is 8.16. The number of aromatic hydroxyl groups is 2. The Labute approximate surface area is 160 Å². The van der Waals surface area contributed by atoms with E-state index in [0.29, 0.717) is 43.4 Å². The Hall–Kier alpha value is -2.05. The van der Waals surface area contributed by atoms with Crippen molar-refractivity contribution in [2.24, 2.45) is 0 Å². The predicted octanol–water partition coefficient (Wildman–Crippen LogP) is 3.85. The van der Waals surface area contributed by atoms with Gasteiger partial charge in [-0.15, -0.1) is 0 Å². The summed E-state index contributed by atoms with van der Waals surface area (Å²) in [5.41, 5.74) is 1.96. The lowest BCUT2D eigenvalue weighted by molar-refractivity contribution is -0.132. The number of halogens is 3. The summed E-state index contributed by atoms with van der Waals surface area (Å²) in [5, 5.41) is 19.7. The molecule has 1 amide bonds. The Kier molecular flexibility index (Phi) is 5.53. The van der Waals surface area contributed by atoms with E-state index >= 15 is 0 Å². The van der Waals surface area contributed by atoms with Crippen molar-refractivity contribution in [3.05, 3.63) is 51.0 Å². The number of aryl methyl sites for hydroxylation is 1. The van der Waals surface area contributed by atoms with Crippen LogP contribution in [-0.2, 0) is 24.2 Å². The number of hydrogen-bond acceptors (Lipinski definition) is 4. The molecule has 0 saturated carbocycles. The fourth-order valence-corrected chi connectivity index (χ4v) is 3.67. The van der Waals surface area contributed by atoms with Crippen LogP contribution in [0.3, 0.4) is 0 Å². The minimum Gasteiger partial charge on any atom is -0.503 e. The number of carbonyl (C=O) groups is 1. The van der Waals surface area contributed by atoms with Gasteiger partial charge in [0.05, 0.1) is 16.2 Å². The first kappa shape index (κ1) is 18.7. The van der Waals surface area contributed by atoms with Crippen LogP contribution < -0.4 is 0 Å². The maximum Gasteiger partial charge on any atom is 0.222 e. The molecule has 1 aromatic heterocycles. The van der Waals surface area contributed by atoms with Gasteiger partial charge in [-0.05, 0) is 42.0 Å². The van der Waals surface area contributed by atoms with Crippen molar-refractivity contribution in [1.29, 1.82) is 0 Å². The predicted molar refractivity (Wildman–Crippen MR) is 96.0 cm³/mol. The number of aromatic nitrogens is 1. The second-order valence-electron chi connectivity index (χ2n) is 6.21. The minimum atomic E-state index is -0.469. The lowest BCUT2D eigenvalue weighted by atomic mass is 9.98. The third-order valence-corrected chi connectivity index (χ3v) is 5.30. The molecule has 0 saturated heterocycles. The molecule has 0 radical (unpaired) electrons. The van der Waals surface area contributed by atoms with Crippen LogP contribution in [-0.4, -0.2) is 32.5 Å². The number of hydrogen-bond donors (Lipinski definition) is 2. The van der Waals surface area contributed by atoms with Crippen molar-refractivity contribution in [1.82, 2.24) is 9.88 Å². The monoisotopic (exact) mass is 398 g/mol. The maximum atomic E-state index is 13.1.